The molecule has 0 unspecified atom stereocenters. The van der Waals surface area contributed by atoms with Gasteiger partial charge in [0.25, 0.3) is 0 Å². The second kappa shape index (κ2) is 7.10. The van der Waals surface area contributed by atoms with Gasteiger partial charge in [-0.05, 0) is 51.6 Å². The van der Waals surface area contributed by atoms with Crippen LogP contribution in [-0.2, 0) is 4.74 Å². The van der Waals surface area contributed by atoms with Crippen molar-refractivity contribution in [3.63, 3.8) is 0 Å². The van der Waals surface area contributed by atoms with Gasteiger partial charge < -0.3 is 20.3 Å². The summed E-state index contributed by atoms with van der Waals surface area (Å²) < 4.78 is 5.09. The highest BCUT2D eigenvalue weighted by molar-refractivity contribution is 5.67. The number of nitrogens with two attached hydrogens (primary N) is 1. The van der Waals surface area contributed by atoms with Crippen molar-refractivity contribution in [3.05, 3.63) is 0 Å². The Morgan fingerprint density at radius 1 is 1.26 bits per heavy atom. The minimum absolute atomic E-state index is 0.145. The summed E-state index contributed by atoms with van der Waals surface area (Å²) in [5.41, 5.74) is 5.93. The number of likely N-dealkylation sites (tertiary alicyclic amines) is 2. The molecule has 1 atom stereocenters. The van der Waals surface area contributed by atoms with Crippen molar-refractivity contribution in [2.75, 3.05) is 39.3 Å². The van der Waals surface area contributed by atoms with E-state index in [9.17, 15) is 4.79 Å². The van der Waals surface area contributed by atoms with Gasteiger partial charge in [-0.1, -0.05) is 0 Å². The number of ether oxygens (including phenoxy) is 1. The maximum Gasteiger partial charge on any atom is 0.409 e. The molecule has 2 aliphatic rings. The Balaban J connectivity index is 1.76. The molecule has 0 aliphatic carbocycles. The minimum atomic E-state index is -0.145. The van der Waals surface area contributed by atoms with Crippen LogP contribution in [0, 0.1) is 5.92 Å². The zero-order valence-electron chi connectivity index (χ0n) is 12.0. The van der Waals surface area contributed by atoms with E-state index in [4.69, 9.17) is 10.5 Å². The lowest BCUT2D eigenvalue weighted by Crippen LogP contribution is -2.46. The Morgan fingerprint density at radius 2 is 2.00 bits per heavy atom. The van der Waals surface area contributed by atoms with E-state index in [1.807, 2.05) is 11.8 Å². The number of hydrogen-bond donors (Lipinski definition) is 1. The number of rotatable bonds is 3. The Labute approximate surface area is 116 Å². The van der Waals surface area contributed by atoms with Gasteiger partial charge in [0.1, 0.15) is 0 Å². The highest BCUT2D eigenvalue weighted by Crippen LogP contribution is 2.20. The molecule has 110 valence electrons. The molecule has 2 saturated heterocycles. The molecule has 2 fully saturated rings. The van der Waals surface area contributed by atoms with Crippen LogP contribution in [0.1, 0.15) is 32.6 Å². The van der Waals surface area contributed by atoms with Gasteiger partial charge in [0.05, 0.1) is 6.61 Å². The molecule has 19 heavy (non-hydrogen) atoms. The third kappa shape index (κ3) is 4.35. The Kier molecular flexibility index (Phi) is 5.45. The van der Waals surface area contributed by atoms with Crippen molar-refractivity contribution in [2.45, 2.75) is 38.6 Å². The highest BCUT2D eigenvalue weighted by Gasteiger charge is 2.27. The number of hydrogen-bond acceptors (Lipinski definition) is 4. The lowest BCUT2D eigenvalue weighted by Gasteiger charge is -2.37. The second-order valence-electron chi connectivity index (χ2n) is 5.79. The van der Waals surface area contributed by atoms with Gasteiger partial charge in [-0.3, -0.25) is 0 Å². The standard InChI is InChI=1S/C14H27N3O2/c1-2-19-14(18)17-7-3-4-12(11-17)10-16-8-5-13(15)6-9-16/h12-13H,2-11,15H2,1H3/t12-/m1/s1. The first-order chi connectivity index (χ1) is 9.19. The molecule has 0 aromatic rings. The number of piperidine rings is 2. The van der Waals surface area contributed by atoms with E-state index in [1.165, 1.54) is 6.42 Å². The number of carbonyl (C=O) groups is 1. The van der Waals surface area contributed by atoms with E-state index in [2.05, 4.69) is 4.90 Å². The Morgan fingerprint density at radius 3 is 2.68 bits per heavy atom. The van der Waals surface area contributed by atoms with Crippen molar-refractivity contribution >= 4 is 6.09 Å². The fraction of sp³-hybridized carbons (Fsp3) is 0.929. The SMILES string of the molecule is CCOC(=O)N1CCC[C@H](CN2CCC(N)CC2)C1. The fourth-order valence-electron chi connectivity index (χ4n) is 3.10. The van der Waals surface area contributed by atoms with E-state index < -0.39 is 0 Å². The quantitative estimate of drug-likeness (QED) is 0.838. The third-order valence-electron chi connectivity index (χ3n) is 4.19. The average Bonchev–Trinajstić information content (AvgIpc) is 2.42. The minimum Gasteiger partial charge on any atom is -0.450 e. The first-order valence-corrected chi connectivity index (χ1v) is 7.58. The Hall–Kier alpha value is -0.810. The monoisotopic (exact) mass is 269 g/mol. The molecule has 2 heterocycles. The molecule has 0 spiro atoms. The summed E-state index contributed by atoms with van der Waals surface area (Å²) in [6.07, 6.45) is 4.38. The summed E-state index contributed by atoms with van der Waals surface area (Å²) >= 11 is 0. The molecule has 0 aromatic carbocycles. The third-order valence-corrected chi connectivity index (χ3v) is 4.19. The van der Waals surface area contributed by atoms with Crippen molar-refractivity contribution in [3.8, 4) is 0 Å². The van der Waals surface area contributed by atoms with Gasteiger partial charge in [-0.25, -0.2) is 4.79 Å². The van der Waals surface area contributed by atoms with Crippen LogP contribution in [-0.4, -0.2) is 61.3 Å². The fourth-order valence-corrected chi connectivity index (χ4v) is 3.10. The summed E-state index contributed by atoms with van der Waals surface area (Å²) in [6, 6.07) is 0.388. The summed E-state index contributed by atoms with van der Waals surface area (Å²) in [5, 5.41) is 0. The molecule has 0 bridgehead atoms. The Bertz CT molecular complexity index is 290. The highest BCUT2D eigenvalue weighted by atomic mass is 16.6. The van der Waals surface area contributed by atoms with Crippen LogP contribution in [0.25, 0.3) is 0 Å². The van der Waals surface area contributed by atoms with Crippen LogP contribution in [0.4, 0.5) is 4.79 Å². The molecule has 0 radical (unpaired) electrons. The summed E-state index contributed by atoms with van der Waals surface area (Å²) in [7, 11) is 0. The molecule has 1 amide bonds. The largest absolute Gasteiger partial charge is 0.450 e. The smallest absolute Gasteiger partial charge is 0.409 e. The van der Waals surface area contributed by atoms with Crippen LogP contribution >= 0.6 is 0 Å². The average molecular weight is 269 g/mol. The van der Waals surface area contributed by atoms with Crippen molar-refractivity contribution in [1.82, 2.24) is 9.80 Å². The first kappa shape index (κ1) is 14.6. The molecule has 2 aliphatic heterocycles. The molecule has 0 aromatic heterocycles. The van der Waals surface area contributed by atoms with Crippen LogP contribution in [0.2, 0.25) is 0 Å². The summed E-state index contributed by atoms with van der Waals surface area (Å²) in [5.74, 6) is 0.590. The second-order valence-corrected chi connectivity index (χ2v) is 5.79. The number of amides is 1. The summed E-state index contributed by atoms with van der Waals surface area (Å²) in [6.45, 7) is 7.33. The molecular weight excluding hydrogens is 242 g/mol. The van der Waals surface area contributed by atoms with Crippen LogP contribution in [0.15, 0.2) is 0 Å². The predicted octanol–water partition coefficient (Wildman–Crippen LogP) is 1.28. The lowest BCUT2D eigenvalue weighted by atomic mass is 9.96. The summed E-state index contributed by atoms with van der Waals surface area (Å²) in [4.78, 5) is 16.1. The maximum atomic E-state index is 11.8. The van der Waals surface area contributed by atoms with Crippen molar-refractivity contribution < 1.29 is 9.53 Å². The van der Waals surface area contributed by atoms with Gasteiger partial charge in [-0.2, -0.15) is 0 Å². The van der Waals surface area contributed by atoms with E-state index in [0.717, 1.165) is 52.0 Å². The molecule has 0 saturated carbocycles. The number of carbonyl (C=O) groups excluding carboxylic acids is 1. The normalized spacial score (nSPS) is 26.4. The van der Waals surface area contributed by atoms with Crippen molar-refractivity contribution in [2.24, 2.45) is 11.7 Å². The zero-order valence-corrected chi connectivity index (χ0v) is 12.0. The van der Waals surface area contributed by atoms with Crippen LogP contribution < -0.4 is 5.73 Å². The molecule has 5 nitrogen and oxygen atoms in total. The van der Waals surface area contributed by atoms with Gasteiger partial charge in [-0.15, -0.1) is 0 Å². The van der Waals surface area contributed by atoms with E-state index in [1.54, 1.807) is 0 Å². The van der Waals surface area contributed by atoms with Gasteiger partial charge in [0.2, 0.25) is 0 Å². The predicted molar refractivity (Wildman–Crippen MR) is 75.0 cm³/mol. The maximum absolute atomic E-state index is 11.8. The van der Waals surface area contributed by atoms with E-state index in [-0.39, 0.29) is 6.09 Å². The van der Waals surface area contributed by atoms with Crippen LogP contribution in [0.5, 0.6) is 0 Å². The molecule has 5 heteroatoms. The number of nitrogens with zero attached hydrogens (tertiary/aromatic N) is 2. The molecular formula is C14H27N3O2. The zero-order chi connectivity index (χ0) is 13.7. The van der Waals surface area contributed by atoms with Crippen molar-refractivity contribution in [1.29, 1.82) is 0 Å². The van der Waals surface area contributed by atoms with E-state index >= 15 is 0 Å². The lowest BCUT2D eigenvalue weighted by molar-refractivity contribution is 0.0774. The first-order valence-electron chi connectivity index (χ1n) is 7.58. The van der Waals surface area contributed by atoms with Crippen LogP contribution in [0.3, 0.4) is 0 Å². The molecule has 2 rings (SSSR count). The van der Waals surface area contributed by atoms with Gasteiger partial charge in [0, 0.05) is 25.7 Å². The van der Waals surface area contributed by atoms with E-state index in [0.29, 0.717) is 18.6 Å². The topological polar surface area (TPSA) is 58.8 Å². The van der Waals surface area contributed by atoms with Gasteiger partial charge >= 0.3 is 6.09 Å². The molecule has 2 N–H and O–H groups in total. The van der Waals surface area contributed by atoms with Gasteiger partial charge in [0.15, 0.2) is 0 Å².